The van der Waals surface area contributed by atoms with Crippen LogP contribution in [-0.4, -0.2) is 47.8 Å². The van der Waals surface area contributed by atoms with E-state index in [1.807, 2.05) is 0 Å². The third-order valence-corrected chi connectivity index (χ3v) is 4.68. The lowest BCUT2D eigenvalue weighted by molar-refractivity contribution is -0.132. The third-order valence-electron chi connectivity index (χ3n) is 4.38. The Morgan fingerprint density at radius 3 is 2.19 bits per heavy atom. The largest absolute Gasteiger partial charge is 0.339 e. The maximum Gasteiger partial charge on any atom is 0.253 e. The van der Waals surface area contributed by atoms with Crippen LogP contribution in [0.25, 0.3) is 0 Å². The minimum Gasteiger partial charge on any atom is -0.339 e. The first-order valence-electron chi connectivity index (χ1n) is 8.21. The van der Waals surface area contributed by atoms with Gasteiger partial charge in [-0.1, -0.05) is 23.7 Å². The number of piperazine rings is 1. The second-order valence-electron chi connectivity index (χ2n) is 6.07. The van der Waals surface area contributed by atoms with Crippen LogP contribution in [0, 0.1) is 11.6 Å². The smallest absolute Gasteiger partial charge is 0.253 e. The predicted octanol–water partition coefficient (Wildman–Crippen LogP) is 3.15. The molecule has 2 aromatic rings. The molecule has 0 unspecified atom stereocenters. The second kappa shape index (κ2) is 7.83. The summed E-state index contributed by atoms with van der Waals surface area (Å²) in [7, 11) is 0. The van der Waals surface area contributed by atoms with Crippen molar-refractivity contribution in [2.24, 2.45) is 0 Å². The highest BCUT2D eigenvalue weighted by atomic mass is 35.5. The van der Waals surface area contributed by atoms with E-state index in [1.165, 1.54) is 36.4 Å². The van der Waals surface area contributed by atoms with Gasteiger partial charge in [0.2, 0.25) is 5.91 Å². The number of halogens is 3. The van der Waals surface area contributed by atoms with Crippen LogP contribution in [0.3, 0.4) is 0 Å². The first-order chi connectivity index (χ1) is 12.5. The van der Waals surface area contributed by atoms with Gasteiger partial charge in [-0.3, -0.25) is 9.59 Å². The van der Waals surface area contributed by atoms with Crippen LogP contribution in [0.5, 0.6) is 0 Å². The van der Waals surface area contributed by atoms with Gasteiger partial charge in [-0.25, -0.2) is 8.78 Å². The average molecular weight is 379 g/mol. The van der Waals surface area contributed by atoms with Crippen molar-refractivity contribution in [1.29, 1.82) is 0 Å². The molecule has 2 amide bonds. The van der Waals surface area contributed by atoms with Crippen molar-refractivity contribution in [1.82, 2.24) is 9.80 Å². The fraction of sp³-hybridized carbons (Fsp3) is 0.263. The molecular weight excluding hydrogens is 362 g/mol. The number of benzene rings is 2. The van der Waals surface area contributed by atoms with Crippen molar-refractivity contribution in [2.45, 2.75) is 6.42 Å². The Bertz CT molecular complexity index is 819. The van der Waals surface area contributed by atoms with Crippen LogP contribution >= 0.6 is 11.6 Å². The summed E-state index contributed by atoms with van der Waals surface area (Å²) in [5, 5.41) is -0.00925. The van der Waals surface area contributed by atoms with Gasteiger partial charge in [-0.15, -0.1) is 0 Å². The lowest BCUT2D eigenvalue weighted by Crippen LogP contribution is -2.51. The van der Waals surface area contributed by atoms with E-state index in [-0.39, 0.29) is 28.8 Å². The van der Waals surface area contributed by atoms with Gasteiger partial charge in [0.1, 0.15) is 11.6 Å². The van der Waals surface area contributed by atoms with E-state index < -0.39 is 11.6 Å². The Labute approximate surface area is 155 Å². The summed E-state index contributed by atoms with van der Waals surface area (Å²) in [4.78, 5) is 28.0. The highest BCUT2D eigenvalue weighted by Gasteiger charge is 2.25. The van der Waals surface area contributed by atoms with E-state index in [9.17, 15) is 18.4 Å². The van der Waals surface area contributed by atoms with Gasteiger partial charge in [0.15, 0.2) is 0 Å². The number of nitrogens with zero attached hydrogens (tertiary/aromatic N) is 2. The number of amides is 2. The molecule has 0 spiro atoms. The summed E-state index contributed by atoms with van der Waals surface area (Å²) >= 11 is 5.74. The molecule has 136 valence electrons. The maximum atomic E-state index is 13.9. The normalized spacial score (nSPS) is 14.4. The van der Waals surface area contributed by atoms with Crippen molar-refractivity contribution in [2.75, 3.05) is 26.2 Å². The number of carbonyl (C=O) groups is 2. The van der Waals surface area contributed by atoms with Crippen LogP contribution < -0.4 is 0 Å². The van der Waals surface area contributed by atoms with Gasteiger partial charge in [0, 0.05) is 31.7 Å². The van der Waals surface area contributed by atoms with E-state index in [4.69, 9.17) is 11.6 Å². The number of hydrogen-bond donors (Lipinski definition) is 0. The van der Waals surface area contributed by atoms with Gasteiger partial charge in [-0.2, -0.15) is 0 Å². The summed E-state index contributed by atoms with van der Waals surface area (Å²) in [6.07, 6.45) is -0.0711. The lowest BCUT2D eigenvalue weighted by atomic mass is 10.1. The standard InChI is InChI=1S/C19H17ClF2N2O2/c20-16-3-1-2-14(18(16)22)12-17(25)23-8-10-24(11-9-23)19(26)13-4-6-15(21)7-5-13/h1-7H,8-12H2. The highest BCUT2D eigenvalue weighted by molar-refractivity contribution is 6.30. The Morgan fingerprint density at radius 2 is 1.54 bits per heavy atom. The first-order valence-corrected chi connectivity index (χ1v) is 8.59. The van der Waals surface area contributed by atoms with Gasteiger partial charge in [-0.05, 0) is 35.9 Å². The Balaban J connectivity index is 1.57. The van der Waals surface area contributed by atoms with Crippen LogP contribution in [0.2, 0.25) is 5.02 Å². The van der Waals surface area contributed by atoms with E-state index in [0.717, 1.165) is 0 Å². The van der Waals surface area contributed by atoms with E-state index in [0.29, 0.717) is 31.7 Å². The molecule has 2 aromatic carbocycles. The summed E-state index contributed by atoms with van der Waals surface area (Å²) in [5.41, 5.74) is 0.666. The Morgan fingerprint density at radius 1 is 0.923 bits per heavy atom. The molecule has 4 nitrogen and oxygen atoms in total. The van der Waals surface area contributed by atoms with Crippen LogP contribution in [-0.2, 0) is 11.2 Å². The third kappa shape index (κ3) is 4.02. The zero-order valence-electron chi connectivity index (χ0n) is 13.9. The molecule has 0 aromatic heterocycles. The van der Waals surface area contributed by atoms with Gasteiger partial charge >= 0.3 is 0 Å². The molecule has 0 aliphatic carbocycles. The summed E-state index contributed by atoms with van der Waals surface area (Å²) in [5.74, 6) is -1.38. The van der Waals surface area contributed by atoms with Gasteiger partial charge < -0.3 is 9.80 Å². The molecule has 0 N–H and O–H groups in total. The minimum atomic E-state index is -0.576. The highest BCUT2D eigenvalue weighted by Crippen LogP contribution is 2.19. The second-order valence-corrected chi connectivity index (χ2v) is 6.48. The molecule has 3 rings (SSSR count). The maximum absolute atomic E-state index is 13.9. The summed E-state index contributed by atoms with van der Waals surface area (Å²) < 4.78 is 26.9. The van der Waals surface area contributed by atoms with Gasteiger partial charge in [0.05, 0.1) is 11.4 Å². The lowest BCUT2D eigenvalue weighted by Gasteiger charge is -2.35. The zero-order valence-corrected chi connectivity index (χ0v) is 14.7. The van der Waals surface area contributed by atoms with Crippen LogP contribution in [0.15, 0.2) is 42.5 Å². The molecule has 1 aliphatic heterocycles. The Hall–Kier alpha value is -2.47. The molecule has 7 heteroatoms. The number of rotatable bonds is 3. The molecule has 1 heterocycles. The molecule has 1 aliphatic rings. The van der Waals surface area contributed by atoms with E-state index >= 15 is 0 Å². The Kier molecular flexibility index (Phi) is 5.52. The molecular formula is C19H17ClF2N2O2. The quantitative estimate of drug-likeness (QED) is 0.823. The van der Waals surface area contributed by atoms with Crippen molar-refractivity contribution in [3.8, 4) is 0 Å². The van der Waals surface area contributed by atoms with E-state index in [2.05, 4.69) is 0 Å². The van der Waals surface area contributed by atoms with Crippen LogP contribution in [0.4, 0.5) is 8.78 Å². The predicted molar refractivity (Wildman–Crippen MR) is 94.0 cm³/mol. The number of hydrogen-bond acceptors (Lipinski definition) is 2. The molecule has 0 saturated carbocycles. The van der Waals surface area contributed by atoms with Gasteiger partial charge in [0.25, 0.3) is 5.91 Å². The molecule has 1 fully saturated rings. The summed E-state index contributed by atoms with van der Waals surface area (Å²) in [6.45, 7) is 1.49. The SMILES string of the molecule is O=C(Cc1cccc(Cl)c1F)N1CCN(C(=O)c2ccc(F)cc2)CC1. The number of carbonyl (C=O) groups excluding carboxylic acids is 2. The van der Waals surface area contributed by atoms with Crippen molar-refractivity contribution in [3.05, 3.63) is 70.2 Å². The van der Waals surface area contributed by atoms with E-state index in [1.54, 1.807) is 15.9 Å². The fourth-order valence-electron chi connectivity index (χ4n) is 2.89. The van der Waals surface area contributed by atoms with Crippen molar-refractivity contribution in [3.63, 3.8) is 0 Å². The molecule has 0 atom stereocenters. The van der Waals surface area contributed by atoms with Crippen molar-refractivity contribution < 1.29 is 18.4 Å². The zero-order chi connectivity index (χ0) is 18.7. The minimum absolute atomic E-state index is 0.00925. The topological polar surface area (TPSA) is 40.6 Å². The average Bonchev–Trinajstić information content (AvgIpc) is 2.65. The summed E-state index contributed by atoms with van der Waals surface area (Å²) in [6, 6.07) is 9.94. The van der Waals surface area contributed by atoms with Crippen LogP contribution in [0.1, 0.15) is 15.9 Å². The molecule has 1 saturated heterocycles. The molecule has 0 radical (unpaired) electrons. The monoisotopic (exact) mass is 378 g/mol. The fourth-order valence-corrected chi connectivity index (χ4v) is 3.09. The van der Waals surface area contributed by atoms with Crippen molar-refractivity contribution >= 4 is 23.4 Å². The molecule has 26 heavy (non-hydrogen) atoms. The molecule has 0 bridgehead atoms. The first kappa shape index (κ1) is 18.3.